The van der Waals surface area contributed by atoms with E-state index >= 15 is 0 Å². The molecule has 2 N–H and O–H groups in total. The lowest BCUT2D eigenvalue weighted by Gasteiger charge is -2.18. The molecule has 1 amide bonds. The van der Waals surface area contributed by atoms with Gasteiger partial charge < -0.3 is 10.6 Å². The molecule has 2 aliphatic rings. The second kappa shape index (κ2) is 4.24. The molecular weight excluding hydrogens is 188 g/mol. The smallest absolute Gasteiger partial charge is 0.238 e. The topological polar surface area (TPSA) is 41.1 Å². The van der Waals surface area contributed by atoms with Crippen molar-refractivity contribution in [2.24, 2.45) is 11.8 Å². The van der Waals surface area contributed by atoms with Gasteiger partial charge in [-0.15, -0.1) is 6.42 Å². The summed E-state index contributed by atoms with van der Waals surface area (Å²) in [4.78, 5) is 11.9. The van der Waals surface area contributed by atoms with Crippen molar-refractivity contribution in [3.05, 3.63) is 0 Å². The fraction of sp³-hybridized carbons (Fsp3) is 0.750. The van der Waals surface area contributed by atoms with E-state index in [1.54, 1.807) is 0 Å². The highest BCUT2D eigenvalue weighted by atomic mass is 16.2. The van der Waals surface area contributed by atoms with Crippen LogP contribution in [0.25, 0.3) is 0 Å². The molecule has 1 heterocycles. The quantitative estimate of drug-likeness (QED) is 0.646. The van der Waals surface area contributed by atoms with Crippen LogP contribution in [0.3, 0.4) is 0 Å². The van der Waals surface area contributed by atoms with Crippen LogP contribution in [0, 0.1) is 24.2 Å². The molecule has 1 aliphatic carbocycles. The predicted molar refractivity (Wildman–Crippen MR) is 59.1 cm³/mol. The van der Waals surface area contributed by atoms with Crippen LogP contribution in [0.4, 0.5) is 0 Å². The van der Waals surface area contributed by atoms with E-state index in [4.69, 9.17) is 6.42 Å². The average Bonchev–Trinajstić information content (AvgIpc) is 2.77. The summed E-state index contributed by atoms with van der Waals surface area (Å²) in [6.45, 7) is 2.83. The average molecular weight is 206 g/mol. The minimum Gasteiger partial charge on any atom is -0.341 e. The van der Waals surface area contributed by atoms with Crippen molar-refractivity contribution < 1.29 is 4.79 Å². The van der Waals surface area contributed by atoms with Gasteiger partial charge in [0.15, 0.2) is 0 Å². The van der Waals surface area contributed by atoms with Crippen molar-refractivity contribution in [3.63, 3.8) is 0 Å². The Bertz CT molecular complexity index is 294. The molecule has 1 saturated heterocycles. The van der Waals surface area contributed by atoms with Gasteiger partial charge in [-0.25, -0.2) is 0 Å². The maximum Gasteiger partial charge on any atom is 0.238 e. The van der Waals surface area contributed by atoms with E-state index in [0.717, 1.165) is 6.54 Å². The van der Waals surface area contributed by atoms with Crippen molar-refractivity contribution in [1.82, 2.24) is 10.6 Å². The minimum atomic E-state index is -0.167. The summed E-state index contributed by atoms with van der Waals surface area (Å²) in [6.07, 6.45) is 8.96. The third-order valence-electron chi connectivity index (χ3n) is 3.64. The molecule has 0 spiro atoms. The zero-order valence-corrected chi connectivity index (χ0v) is 9.12. The first-order valence-corrected chi connectivity index (χ1v) is 5.72. The molecular formula is C12H18N2O. The van der Waals surface area contributed by atoms with Crippen LogP contribution in [0.15, 0.2) is 0 Å². The van der Waals surface area contributed by atoms with Crippen LogP contribution in [-0.2, 0) is 4.79 Å². The maximum atomic E-state index is 11.9. The van der Waals surface area contributed by atoms with Crippen LogP contribution in [-0.4, -0.2) is 24.5 Å². The molecule has 0 radical (unpaired) electrons. The van der Waals surface area contributed by atoms with E-state index in [-0.39, 0.29) is 18.0 Å². The van der Waals surface area contributed by atoms with Crippen molar-refractivity contribution in [1.29, 1.82) is 0 Å². The van der Waals surface area contributed by atoms with E-state index in [2.05, 4.69) is 16.6 Å². The summed E-state index contributed by atoms with van der Waals surface area (Å²) >= 11 is 0. The third kappa shape index (κ3) is 2.00. The summed E-state index contributed by atoms with van der Waals surface area (Å²) in [5.41, 5.74) is 0. The fourth-order valence-electron chi connectivity index (χ4n) is 2.82. The van der Waals surface area contributed by atoms with Crippen molar-refractivity contribution in [2.45, 2.75) is 38.3 Å². The Balaban J connectivity index is 1.94. The van der Waals surface area contributed by atoms with Crippen LogP contribution in [0.5, 0.6) is 0 Å². The van der Waals surface area contributed by atoms with Gasteiger partial charge in [0.25, 0.3) is 0 Å². The zero-order valence-electron chi connectivity index (χ0n) is 9.12. The number of hydrogen-bond acceptors (Lipinski definition) is 2. The Morgan fingerprint density at radius 3 is 3.13 bits per heavy atom. The van der Waals surface area contributed by atoms with E-state index in [0.29, 0.717) is 11.8 Å². The second-order valence-electron chi connectivity index (χ2n) is 4.64. The Hall–Kier alpha value is -1.01. The molecule has 0 aromatic rings. The standard InChI is InChI=1S/C12H18N2O/c1-3-8(2)14-12(15)11-10-6-4-5-9(10)7-13-11/h1,8-11,13H,4-7H2,2H3,(H,14,15). The van der Waals surface area contributed by atoms with Gasteiger partial charge in [-0.05, 0) is 38.1 Å². The van der Waals surface area contributed by atoms with Gasteiger partial charge in [0.05, 0.1) is 12.1 Å². The number of nitrogens with one attached hydrogen (secondary N) is 2. The Kier molecular flexibility index (Phi) is 2.97. The summed E-state index contributed by atoms with van der Waals surface area (Å²) in [6, 6.07) is -0.173. The normalized spacial score (nSPS) is 35.6. The maximum absolute atomic E-state index is 11.9. The van der Waals surface area contributed by atoms with Gasteiger partial charge in [0, 0.05) is 0 Å². The zero-order chi connectivity index (χ0) is 10.8. The van der Waals surface area contributed by atoms with Crippen LogP contribution in [0.2, 0.25) is 0 Å². The number of terminal acetylenes is 1. The predicted octanol–water partition coefficient (Wildman–Crippen LogP) is 0.512. The monoisotopic (exact) mass is 206 g/mol. The summed E-state index contributed by atoms with van der Waals surface area (Å²) in [7, 11) is 0. The Labute approximate surface area is 91.0 Å². The number of fused-ring (bicyclic) bond motifs is 1. The van der Waals surface area contributed by atoms with Gasteiger partial charge in [-0.2, -0.15) is 0 Å². The summed E-state index contributed by atoms with van der Waals surface area (Å²) in [5, 5.41) is 6.15. The van der Waals surface area contributed by atoms with Gasteiger partial charge in [-0.3, -0.25) is 4.79 Å². The molecule has 1 saturated carbocycles. The molecule has 4 atom stereocenters. The van der Waals surface area contributed by atoms with Crippen molar-refractivity contribution >= 4 is 5.91 Å². The molecule has 3 heteroatoms. The first-order valence-electron chi connectivity index (χ1n) is 5.72. The first-order chi connectivity index (χ1) is 7.22. The molecule has 0 aromatic carbocycles. The molecule has 0 bridgehead atoms. The van der Waals surface area contributed by atoms with Gasteiger partial charge in [0.1, 0.15) is 0 Å². The third-order valence-corrected chi connectivity index (χ3v) is 3.64. The molecule has 2 rings (SSSR count). The van der Waals surface area contributed by atoms with Gasteiger partial charge in [-0.1, -0.05) is 12.3 Å². The molecule has 1 aliphatic heterocycles. The van der Waals surface area contributed by atoms with Crippen molar-refractivity contribution in [3.8, 4) is 12.3 Å². The van der Waals surface area contributed by atoms with Crippen LogP contribution < -0.4 is 10.6 Å². The molecule has 2 fully saturated rings. The highest BCUT2D eigenvalue weighted by Crippen LogP contribution is 2.37. The Morgan fingerprint density at radius 1 is 1.60 bits per heavy atom. The summed E-state index contributed by atoms with van der Waals surface area (Å²) < 4.78 is 0. The molecule has 82 valence electrons. The second-order valence-corrected chi connectivity index (χ2v) is 4.64. The molecule has 15 heavy (non-hydrogen) atoms. The number of hydrogen-bond donors (Lipinski definition) is 2. The van der Waals surface area contributed by atoms with E-state index in [9.17, 15) is 4.79 Å². The number of amides is 1. The molecule has 0 aromatic heterocycles. The van der Waals surface area contributed by atoms with Gasteiger partial charge >= 0.3 is 0 Å². The van der Waals surface area contributed by atoms with E-state index < -0.39 is 0 Å². The summed E-state index contributed by atoms with van der Waals surface area (Å²) in [5.74, 6) is 3.84. The number of carbonyl (C=O) groups is 1. The van der Waals surface area contributed by atoms with Crippen molar-refractivity contribution in [2.75, 3.05) is 6.54 Å². The lowest BCUT2D eigenvalue weighted by atomic mass is 9.93. The number of rotatable bonds is 2. The van der Waals surface area contributed by atoms with E-state index in [1.807, 2.05) is 6.92 Å². The fourth-order valence-corrected chi connectivity index (χ4v) is 2.82. The Morgan fingerprint density at radius 2 is 2.40 bits per heavy atom. The largest absolute Gasteiger partial charge is 0.341 e. The van der Waals surface area contributed by atoms with Crippen LogP contribution in [0.1, 0.15) is 26.2 Å². The SMILES string of the molecule is C#CC(C)NC(=O)C1NCC2CCCC21. The molecule has 3 nitrogen and oxygen atoms in total. The first kappa shape index (κ1) is 10.5. The lowest BCUT2D eigenvalue weighted by Crippen LogP contribution is -2.46. The number of carbonyl (C=O) groups excluding carboxylic acids is 1. The minimum absolute atomic E-state index is 0.00620. The van der Waals surface area contributed by atoms with Gasteiger partial charge in [0.2, 0.25) is 5.91 Å². The van der Waals surface area contributed by atoms with E-state index in [1.165, 1.54) is 19.3 Å². The molecule has 4 unspecified atom stereocenters. The highest BCUT2D eigenvalue weighted by molar-refractivity contribution is 5.83. The van der Waals surface area contributed by atoms with Crippen LogP contribution >= 0.6 is 0 Å². The highest BCUT2D eigenvalue weighted by Gasteiger charge is 2.42. The lowest BCUT2D eigenvalue weighted by molar-refractivity contribution is -0.124.